The lowest BCUT2D eigenvalue weighted by molar-refractivity contribution is 0.0533. The van der Waals surface area contributed by atoms with Crippen LogP contribution < -0.4 is 5.32 Å². The minimum absolute atomic E-state index is 0.100. The van der Waals surface area contributed by atoms with Gasteiger partial charge >= 0.3 is 0 Å². The molecule has 17 heavy (non-hydrogen) atoms. The van der Waals surface area contributed by atoms with E-state index in [1.165, 1.54) is 0 Å². The van der Waals surface area contributed by atoms with E-state index < -0.39 is 0 Å². The van der Waals surface area contributed by atoms with Crippen molar-refractivity contribution in [1.29, 1.82) is 0 Å². The van der Waals surface area contributed by atoms with E-state index in [1.807, 2.05) is 0 Å². The SMILES string of the molecule is CC(C)[C@@H]1OCC[C@@H]1CNC(=O)c1ccn[nH]1. The molecule has 0 unspecified atom stereocenters. The van der Waals surface area contributed by atoms with E-state index in [9.17, 15) is 4.79 Å². The number of H-pyrrole nitrogens is 1. The van der Waals surface area contributed by atoms with E-state index in [0.29, 0.717) is 24.1 Å². The quantitative estimate of drug-likeness (QED) is 0.827. The van der Waals surface area contributed by atoms with Crippen LogP contribution in [-0.2, 0) is 4.74 Å². The molecule has 2 heterocycles. The summed E-state index contributed by atoms with van der Waals surface area (Å²) in [6.07, 6.45) is 2.86. The number of hydrogen-bond acceptors (Lipinski definition) is 3. The number of hydrogen-bond donors (Lipinski definition) is 2. The van der Waals surface area contributed by atoms with Gasteiger partial charge in [0, 0.05) is 25.3 Å². The van der Waals surface area contributed by atoms with Gasteiger partial charge in [-0.2, -0.15) is 5.10 Å². The second-order valence-corrected chi connectivity index (χ2v) is 4.81. The number of carbonyl (C=O) groups excluding carboxylic acids is 1. The number of nitrogens with zero attached hydrogens (tertiary/aromatic N) is 1. The maximum absolute atomic E-state index is 11.7. The van der Waals surface area contributed by atoms with Crippen LogP contribution in [0.5, 0.6) is 0 Å². The number of rotatable bonds is 4. The first kappa shape index (κ1) is 12.1. The van der Waals surface area contributed by atoms with Gasteiger partial charge in [-0.05, 0) is 18.4 Å². The Labute approximate surface area is 101 Å². The first-order chi connectivity index (χ1) is 8.18. The Morgan fingerprint density at radius 3 is 3.18 bits per heavy atom. The van der Waals surface area contributed by atoms with Gasteiger partial charge in [-0.25, -0.2) is 0 Å². The van der Waals surface area contributed by atoms with Gasteiger partial charge in [0.1, 0.15) is 5.69 Å². The third-order valence-corrected chi connectivity index (χ3v) is 3.19. The summed E-state index contributed by atoms with van der Waals surface area (Å²) in [6, 6.07) is 1.67. The molecule has 1 aliphatic rings. The van der Waals surface area contributed by atoms with Crippen molar-refractivity contribution >= 4 is 5.91 Å². The van der Waals surface area contributed by atoms with Crippen molar-refractivity contribution in [2.75, 3.05) is 13.2 Å². The largest absolute Gasteiger partial charge is 0.378 e. The lowest BCUT2D eigenvalue weighted by Crippen LogP contribution is -2.35. The molecule has 2 atom stereocenters. The molecular formula is C12H19N3O2. The van der Waals surface area contributed by atoms with Gasteiger partial charge in [-0.15, -0.1) is 0 Å². The zero-order chi connectivity index (χ0) is 12.3. The van der Waals surface area contributed by atoms with Crippen molar-refractivity contribution < 1.29 is 9.53 Å². The Kier molecular flexibility index (Phi) is 3.78. The molecule has 0 bridgehead atoms. The second kappa shape index (κ2) is 5.31. The molecule has 0 saturated carbocycles. The van der Waals surface area contributed by atoms with Gasteiger partial charge in [0.15, 0.2) is 0 Å². The smallest absolute Gasteiger partial charge is 0.269 e. The van der Waals surface area contributed by atoms with Crippen molar-refractivity contribution in [3.05, 3.63) is 18.0 Å². The fourth-order valence-electron chi connectivity index (χ4n) is 2.31. The lowest BCUT2D eigenvalue weighted by atomic mass is 9.93. The standard InChI is InChI=1S/C12H19N3O2/c1-8(2)11-9(4-6-17-11)7-13-12(16)10-3-5-14-15-10/h3,5,8-9,11H,4,6-7H2,1-2H3,(H,13,16)(H,14,15)/t9-,11+/m1/s1. The molecule has 1 aromatic rings. The van der Waals surface area contributed by atoms with Crippen molar-refractivity contribution in [2.24, 2.45) is 11.8 Å². The molecule has 0 aliphatic carbocycles. The molecule has 1 amide bonds. The van der Waals surface area contributed by atoms with Gasteiger partial charge in [-0.1, -0.05) is 13.8 Å². The Hall–Kier alpha value is -1.36. The van der Waals surface area contributed by atoms with E-state index in [2.05, 4.69) is 29.4 Å². The predicted octanol–water partition coefficient (Wildman–Crippen LogP) is 1.20. The van der Waals surface area contributed by atoms with E-state index in [4.69, 9.17) is 4.74 Å². The van der Waals surface area contributed by atoms with Crippen LogP contribution in [0.25, 0.3) is 0 Å². The minimum Gasteiger partial charge on any atom is -0.378 e. The highest BCUT2D eigenvalue weighted by molar-refractivity contribution is 5.92. The number of amides is 1. The van der Waals surface area contributed by atoms with Crippen LogP contribution >= 0.6 is 0 Å². The van der Waals surface area contributed by atoms with Crippen LogP contribution in [0.3, 0.4) is 0 Å². The molecule has 2 rings (SSSR count). The summed E-state index contributed by atoms with van der Waals surface area (Å²) in [7, 11) is 0. The zero-order valence-electron chi connectivity index (χ0n) is 10.3. The van der Waals surface area contributed by atoms with E-state index in [-0.39, 0.29) is 12.0 Å². The predicted molar refractivity (Wildman–Crippen MR) is 63.6 cm³/mol. The lowest BCUT2D eigenvalue weighted by Gasteiger charge is -2.22. The number of ether oxygens (including phenoxy) is 1. The topological polar surface area (TPSA) is 67.0 Å². The van der Waals surface area contributed by atoms with Crippen molar-refractivity contribution in [3.63, 3.8) is 0 Å². The molecular weight excluding hydrogens is 218 g/mol. The van der Waals surface area contributed by atoms with Crippen LogP contribution in [0.4, 0.5) is 0 Å². The fourth-order valence-corrected chi connectivity index (χ4v) is 2.31. The van der Waals surface area contributed by atoms with Crippen molar-refractivity contribution in [3.8, 4) is 0 Å². The Morgan fingerprint density at radius 2 is 2.53 bits per heavy atom. The van der Waals surface area contributed by atoms with Gasteiger partial charge in [-0.3, -0.25) is 9.89 Å². The molecule has 1 saturated heterocycles. The third kappa shape index (κ3) is 2.85. The number of carbonyl (C=O) groups is 1. The molecule has 5 heteroatoms. The first-order valence-corrected chi connectivity index (χ1v) is 6.07. The van der Waals surface area contributed by atoms with Gasteiger partial charge in [0.25, 0.3) is 5.91 Å². The highest BCUT2D eigenvalue weighted by Crippen LogP contribution is 2.26. The molecule has 0 radical (unpaired) electrons. The van der Waals surface area contributed by atoms with Crippen LogP contribution in [0.1, 0.15) is 30.8 Å². The molecule has 1 aliphatic heterocycles. The van der Waals surface area contributed by atoms with Crippen molar-refractivity contribution in [1.82, 2.24) is 15.5 Å². The minimum atomic E-state index is -0.100. The summed E-state index contributed by atoms with van der Waals surface area (Å²) < 4.78 is 5.68. The van der Waals surface area contributed by atoms with Crippen molar-refractivity contribution in [2.45, 2.75) is 26.4 Å². The van der Waals surface area contributed by atoms with Crippen LogP contribution in [0.15, 0.2) is 12.3 Å². The molecule has 1 fully saturated rings. The summed E-state index contributed by atoms with van der Waals surface area (Å²) in [5.74, 6) is 0.810. The summed E-state index contributed by atoms with van der Waals surface area (Å²) in [5.41, 5.74) is 0.505. The molecule has 94 valence electrons. The highest BCUT2D eigenvalue weighted by Gasteiger charge is 2.30. The molecule has 5 nitrogen and oxygen atoms in total. The highest BCUT2D eigenvalue weighted by atomic mass is 16.5. The molecule has 2 N–H and O–H groups in total. The monoisotopic (exact) mass is 237 g/mol. The number of aromatic amines is 1. The van der Waals surface area contributed by atoms with Crippen LogP contribution in [0.2, 0.25) is 0 Å². The zero-order valence-corrected chi connectivity index (χ0v) is 10.3. The maximum atomic E-state index is 11.7. The number of nitrogens with one attached hydrogen (secondary N) is 2. The summed E-state index contributed by atoms with van der Waals surface area (Å²) in [6.45, 7) is 5.77. The summed E-state index contributed by atoms with van der Waals surface area (Å²) in [5, 5.41) is 9.33. The third-order valence-electron chi connectivity index (χ3n) is 3.19. The average molecular weight is 237 g/mol. The van der Waals surface area contributed by atoms with Crippen LogP contribution in [-0.4, -0.2) is 35.4 Å². The molecule has 1 aromatic heterocycles. The summed E-state index contributed by atoms with van der Waals surface area (Å²) in [4.78, 5) is 11.7. The summed E-state index contributed by atoms with van der Waals surface area (Å²) >= 11 is 0. The van der Waals surface area contributed by atoms with Crippen LogP contribution in [0, 0.1) is 11.8 Å². The average Bonchev–Trinajstić information content (AvgIpc) is 2.96. The van der Waals surface area contributed by atoms with Gasteiger partial charge < -0.3 is 10.1 Å². The molecule has 0 aromatic carbocycles. The van der Waals surface area contributed by atoms with E-state index in [0.717, 1.165) is 13.0 Å². The Morgan fingerprint density at radius 1 is 1.71 bits per heavy atom. The second-order valence-electron chi connectivity index (χ2n) is 4.81. The normalized spacial score (nSPS) is 24.2. The number of aromatic nitrogens is 2. The maximum Gasteiger partial charge on any atom is 0.269 e. The Bertz CT molecular complexity index is 362. The molecule has 0 spiro atoms. The van der Waals surface area contributed by atoms with Gasteiger partial charge in [0.2, 0.25) is 0 Å². The Balaban J connectivity index is 1.84. The fraction of sp³-hybridized carbons (Fsp3) is 0.667. The van der Waals surface area contributed by atoms with Gasteiger partial charge in [0.05, 0.1) is 6.10 Å². The van der Waals surface area contributed by atoms with E-state index in [1.54, 1.807) is 12.3 Å². The van der Waals surface area contributed by atoms with E-state index >= 15 is 0 Å². The first-order valence-electron chi connectivity index (χ1n) is 6.07.